The summed E-state index contributed by atoms with van der Waals surface area (Å²) in [6.45, 7) is 4.52. The van der Waals surface area contributed by atoms with Gasteiger partial charge in [0.2, 0.25) is 0 Å². The van der Waals surface area contributed by atoms with E-state index in [0.29, 0.717) is 6.54 Å². The van der Waals surface area contributed by atoms with Crippen LogP contribution in [0.3, 0.4) is 0 Å². The Kier molecular flexibility index (Phi) is 11.8. The number of nitrogens with zero attached hydrogens (tertiary/aromatic N) is 1. The Hall–Kier alpha value is -0.660. The smallest absolute Gasteiger partial charge is 0.0861 e. The van der Waals surface area contributed by atoms with Gasteiger partial charge < -0.3 is 4.74 Å². The highest BCUT2D eigenvalue weighted by Crippen LogP contribution is 2.02. The van der Waals surface area contributed by atoms with Crippen LogP contribution in [0, 0.1) is 5.41 Å². The second kappa shape index (κ2) is 12.3. The topological polar surface area (TPSA) is 45.4 Å². The Balaban J connectivity index is 2.88. The van der Waals surface area contributed by atoms with Gasteiger partial charge in [-0.05, 0) is 12.8 Å². The molecule has 0 aromatic rings. The number of hydrogen-bond donors (Lipinski definition) is 1. The third-order valence-corrected chi connectivity index (χ3v) is 2.03. The zero-order valence-corrected chi connectivity index (χ0v) is 9.22. The predicted molar refractivity (Wildman–Crippen MR) is 59.2 cm³/mol. The van der Waals surface area contributed by atoms with Gasteiger partial charge in [0, 0.05) is 13.2 Å². The SMILES string of the molecule is CCCCCCCOCCCN=C=N. The van der Waals surface area contributed by atoms with Crippen LogP contribution in [0.2, 0.25) is 0 Å². The van der Waals surface area contributed by atoms with Crippen molar-refractivity contribution >= 4 is 6.01 Å². The van der Waals surface area contributed by atoms with Crippen molar-refractivity contribution in [1.82, 2.24) is 0 Å². The minimum absolute atomic E-state index is 0.666. The van der Waals surface area contributed by atoms with Crippen molar-refractivity contribution in [3.63, 3.8) is 0 Å². The molecule has 0 aliphatic heterocycles. The zero-order chi connectivity index (χ0) is 10.5. The van der Waals surface area contributed by atoms with Crippen LogP contribution in [0.15, 0.2) is 4.99 Å². The third kappa shape index (κ3) is 11.3. The Morgan fingerprint density at radius 1 is 1.07 bits per heavy atom. The highest BCUT2D eigenvalue weighted by Gasteiger charge is 1.90. The molecule has 14 heavy (non-hydrogen) atoms. The average molecular weight is 198 g/mol. The minimum atomic E-state index is 0.666. The molecule has 0 spiro atoms. The van der Waals surface area contributed by atoms with E-state index < -0.39 is 0 Å². The largest absolute Gasteiger partial charge is 0.381 e. The van der Waals surface area contributed by atoms with E-state index in [9.17, 15) is 0 Å². The van der Waals surface area contributed by atoms with Gasteiger partial charge in [-0.15, -0.1) is 0 Å². The Labute approximate surface area is 87.1 Å². The maximum atomic E-state index is 6.56. The number of unbranched alkanes of at least 4 members (excludes halogenated alkanes) is 4. The summed E-state index contributed by atoms with van der Waals surface area (Å²) in [6.07, 6.45) is 7.33. The fourth-order valence-corrected chi connectivity index (χ4v) is 1.21. The molecule has 0 rings (SSSR count). The number of hydrogen-bond acceptors (Lipinski definition) is 3. The van der Waals surface area contributed by atoms with Crippen LogP contribution >= 0.6 is 0 Å². The lowest BCUT2D eigenvalue weighted by Gasteiger charge is -2.02. The molecule has 1 N–H and O–H groups in total. The van der Waals surface area contributed by atoms with Gasteiger partial charge in [-0.25, -0.2) is 10.4 Å². The average Bonchev–Trinajstić information content (AvgIpc) is 2.21. The number of rotatable bonds is 10. The Bertz CT molecular complexity index is 153. The third-order valence-electron chi connectivity index (χ3n) is 2.03. The van der Waals surface area contributed by atoms with Crippen LogP contribution < -0.4 is 0 Å². The highest BCUT2D eigenvalue weighted by molar-refractivity contribution is 5.35. The second-order valence-corrected chi connectivity index (χ2v) is 3.37. The van der Waals surface area contributed by atoms with Crippen LogP contribution in [0.1, 0.15) is 45.4 Å². The van der Waals surface area contributed by atoms with E-state index in [-0.39, 0.29) is 0 Å². The maximum Gasteiger partial charge on any atom is 0.0861 e. The lowest BCUT2D eigenvalue weighted by atomic mass is 10.2. The lowest BCUT2D eigenvalue weighted by molar-refractivity contribution is 0.129. The van der Waals surface area contributed by atoms with E-state index in [1.54, 1.807) is 0 Å². The molecular formula is C11H22N2O. The molecule has 82 valence electrons. The first-order chi connectivity index (χ1) is 6.91. The fourth-order valence-electron chi connectivity index (χ4n) is 1.21. The molecule has 0 fully saturated rings. The summed E-state index contributed by atoms with van der Waals surface area (Å²) >= 11 is 0. The first-order valence-corrected chi connectivity index (χ1v) is 5.57. The van der Waals surface area contributed by atoms with Gasteiger partial charge in [-0.3, -0.25) is 0 Å². The normalized spacial score (nSPS) is 9.79. The molecule has 3 heteroatoms. The first kappa shape index (κ1) is 13.3. The summed E-state index contributed by atoms with van der Waals surface area (Å²) in [5, 5.41) is 6.56. The summed E-state index contributed by atoms with van der Waals surface area (Å²) in [6, 6.07) is 2.01. The van der Waals surface area contributed by atoms with Gasteiger partial charge in [0.1, 0.15) is 0 Å². The van der Waals surface area contributed by atoms with E-state index in [0.717, 1.165) is 19.6 Å². The molecule has 0 saturated carbocycles. The summed E-state index contributed by atoms with van der Waals surface area (Å²) < 4.78 is 5.41. The Morgan fingerprint density at radius 3 is 2.50 bits per heavy atom. The molecule has 0 aromatic heterocycles. The lowest BCUT2D eigenvalue weighted by Crippen LogP contribution is -1.98. The minimum Gasteiger partial charge on any atom is -0.381 e. The van der Waals surface area contributed by atoms with Gasteiger partial charge in [-0.1, -0.05) is 32.6 Å². The summed E-state index contributed by atoms with van der Waals surface area (Å²) in [5.74, 6) is 0. The predicted octanol–water partition coefficient (Wildman–Crippen LogP) is 3.12. The van der Waals surface area contributed by atoms with Crippen LogP contribution in [-0.2, 0) is 4.74 Å². The quantitative estimate of drug-likeness (QED) is 0.425. The number of aliphatic imine (C=N–C) groups is 1. The number of ether oxygens (including phenoxy) is 1. The highest BCUT2D eigenvalue weighted by atomic mass is 16.5. The van der Waals surface area contributed by atoms with Crippen molar-refractivity contribution in [3.05, 3.63) is 0 Å². The molecule has 0 heterocycles. The molecule has 3 nitrogen and oxygen atoms in total. The molecule has 0 amide bonds. The van der Waals surface area contributed by atoms with E-state index >= 15 is 0 Å². The molecule has 0 unspecified atom stereocenters. The molecule has 0 atom stereocenters. The van der Waals surface area contributed by atoms with Crippen LogP contribution in [0.5, 0.6) is 0 Å². The van der Waals surface area contributed by atoms with Crippen LogP contribution in [-0.4, -0.2) is 25.8 Å². The molecule has 0 radical (unpaired) electrons. The number of nitrogens with one attached hydrogen (secondary N) is 1. The van der Waals surface area contributed by atoms with Gasteiger partial charge in [0.25, 0.3) is 0 Å². The van der Waals surface area contributed by atoms with Gasteiger partial charge >= 0.3 is 0 Å². The molecule has 0 aliphatic rings. The summed E-state index contributed by atoms with van der Waals surface area (Å²) in [4.78, 5) is 3.67. The zero-order valence-electron chi connectivity index (χ0n) is 9.22. The van der Waals surface area contributed by atoms with Crippen molar-refractivity contribution in [2.45, 2.75) is 45.4 Å². The molecule has 0 aromatic carbocycles. The van der Waals surface area contributed by atoms with Gasteiger partial charge in [0.05, 0.1) is 12.6 Å². The standard InChI is InChI=1S/C11H22N2O/c1-2-3-4-5-6-9-14-10-7-8-13-11-12/h12H,2-10H2,1H3. The second-order valence-electron chi connectivity index (χ2n) is 3.37. The molecule has 0 aliphatic carbocycles. The van der Waals surface area contributed by atoms with Crippen LogP contribution in [0.25, 0.3) is 0 Å². The van der Waals surface area contributed by atoms with Gasteiger partial charge in [-0.2, -0.15) is 0 Å². The Morgan fingerprint density at radius 2 is 1.79 bits per heavy atom. The molecule has 0 saturated heterocycles. The van der Waals surface area contributed by atoms with Crippen molar-refractivity contribution < 1.29 is 4.74 Å². The first-order valence-electron chi connectivity index (χ1n) is 5.57. The fraction of sp³-hybridized carbons (Fsp3) is 0.909. The maximum absolute atomic E-state index is 6.56. The van der Waals surface area contributed by atoms with Crippen molar-refractivity contribution in [3.8, 4) is 0 Å². The molecular weight excluding hydrogens is 176 g/mol. The van der Waals surface area contributed by atoms with Crippen LogP contribution in [0.4, 0.5) is 0 Å². The van der Waals surface area contributed by atoms with Crippen molar-refractivity contribution in [1.29, 1.82) is 5.41 Å². The van der Waals surface area contributed by atoms with Crippen molar-refractivity contribution in [2.75, 3.05) is 19.8 Å². The summed E-state index contributed by atoms with van der Waals surface area (Å²) in [7, 11) is 0. The monoisotopic (exact) mass is 198 g/mol. The van der Waals surface area contributed by atoms with E-state index in [1.807, 2.05) is 6.01 Å². The van der Waals surface area contributed by atoms with E-state index in [4.69, 9.17) is 10.1 Å². The van der Waals surface area contributed by atoms with E-state index in [2.05, 4.69) is 11.9 Å². The molecule has 0 bridgehead atoms. The van der Waals surface area contributed by atoms with Gasteiger partial charge in [0.15, 0.2) is 0 Å². The summed E-state index contributed by atoms with van der Waals surface area (Å²) in [5.41, 5.74) is 0. The van der Waals surface area contributed by atoms with E-state index in [1.165, 1.54) is 32.1 Å². The van der Waals surface area contributed by atoms with Crippen molar-refractivity contribution in [2.24, 2.45) is 4.99 Å².